The maximum atomic E-state index is 11.4. The van der Waals surface area contributed by atoms with Gasteiger partial charge in [-0.05, 0) is 129 Å². The maximum Gasteiger partial charge on any atom is 0.404 e. The van der Waals surface area contributed by atoms with Gasteiger partial charge in [-0.3, -0.25) is 0 Å². The number of hydrogen-bond acceptors (Lipinski definition) is 5. The summed E-state index contributed by atoms with van der Waals surface area (Å²) in [6.07, 6.45) is 8.13. The summed E-state index contributed by atoms with van der Waals surface area (Å²) < 4.78 is 5.22. The molecule has 6 heteroatoms. The van der Waals surface area contributed by atoms with Gasteiger partial charge in [-0.1, -0.05) is 27.7 Å². The zero-order valence-corrected chi connectivity index (χ0v) is 24.8. The first-order valence-electron chi connectivity index (χ1n) is 15.2. The van der Waals surface area contributed by atoms with Crippen molar-refractivity contribution < 1.29 is 24.9 Å². The van der Waals surface area contributed by atoms with Gasteiger partial charge in [-0.25, -0.2) is 4.79 Å². The summed E-state index contributed by atoms with van der Waals surface area (Å²) in [6, 6.07) is 0. The number of carbonyl (C=O) groups is 1. The fourth-order valence-corrected chi connectivity index (χ4v) is 11.5. The minimum atomic E-state index is -1.15. The summed E-state index contributed by atoms with van der Waals surface area (Å²) in [5.74, 6) is 2.79. The number of amides is 1. The van der Waals surface area contributed by atoms with E-state index >= 15 is 0 Å². The van der Waals surface area contributed by atoms with Gasteiger partial charge in [0.15, 0.2) is 0 Å². The van der Waals surface area contributed by atoms with Crippen molar-refractivity contribution in [3.8, 4) is 0 Å². The lowest BCUT2D eigenvalue weighted by molar-refractivity contribution is -0.132. The van der Waals surface area contributed by atoms with E-state index in [4.69, 9.17) is 10.5 Å². The molecule has 0 aromatic rings. The van der Waals surface area contributed by atoms with E-state index in [-0.39, 0.29) is 29.0 Å². The molecule has 0 aromatic carbocycles. The van der Waals surface area contributed by atoms with Crippen molar-refractivity contribution in [1.29, 1.82) is 0 Å². The highest BCUT2D eigenvalue weighted by molar-refractivity contribution is 5.64. The zero-order valence-electron chi connectivity index (χ0n) is 24.8. The van der Waals surface area contributed by atoms with Gasteiger partial charge in [0, 0.05) is 0 Å². The Hall–Kier alpha value is -1.11. The highest BCUT2D eigenvalue weighted by Gasteiger charge is 2.84. The van der Waals surface area contributed by atoms with Crippen molar-refractivity contribution >= 4 is 6.09 Å². The summed E-state index contributed by atoms with van der Waals surface area (Å²) in [6.45, 7) is 18.9. The smallest absolute Gasteiger partial charge is 0.404 e. The number of nitrogens with two attached hydrogens (primary N) is 1. The van der Waals surface area contributed by atoms with Crippen LogP contribution in [0.4, 0.5) is 4.79 Å². The Morgan fingerprint density at radius 2 is 1.71 bits per heavy atom. The second-order valence-corrected chi connectivity index (χ2v) is 14.9. The Bertz CT molecular complexity index is 899. The Morgan fingerprint density at radius 3 is 2.32 bits per heavy atom. The Kier molecular flexibility index (Phi) is 7.67. The van der Waals surface area contributed by atoms with E-state index in [1.54, 1.807) is 13.8 Å². The normalized spacial score (nSPS) is 47.2. The van der Waals surface area contributed by atoms with Crippen LogP contribution in [0, 0.1) is 51.2 Å². The summed E-state index contributed by atoms with van der Waals surface area (Å²) in [4.78, 5) is 11.4. The molecule has 218 valence electrons. The van der Waals surface area contributed by atoms with Crippen LogP contribution in [0.15, 0.2) is 13.2 Å². The van der Waals surface area contributed by atoms with Crippen molar-refractivity contribution in [3.05, 3.63) is 13.2 Å². The van der Waals surface area contributed by atoms with Crippen molar-refractivity contribution in [2.75, 3.05) is 0 Å². The summed E-state index contributed by atoms with van der Waals surface area (Å²) in [5, 5.41) is 32.7. The van der Waals surface area contributed by atoms with Crippen LogP contribution in [-0.4, -0.2) is 45.3 Å². The lowest BCUT2D eigenvalue weighted by atomic mass is 9.46. The Labute approximate surface area is 230 Å². The molecule has 5 aliphatic rings. The monoisotopic (exact) mass is 533 g/mol. The topological polar surface area (TPSA) is 113 Å². The molecule has 0 aromatic heterocycles. The maximum absolute atomic E-state index is 11.4. The number of primary amides is 1. The van der Waals surface area contributed by atoms with E-state index in [1.807, 2.05) is 0 Å². The molecule has 5 fully saturated rings. The molecule has 5 saturated carbocycles. The quantitative estimate of drug-likeness (QED) is 0.321. The third kappa shape index (κ3) is 4.02. The largest absolute Gasteiger partial charge is 0.443 e. The summed E-state index contributed by atoms with van der Waals surface area (Å²) in [7, 11) is 0. The average molecular weight is 534 g/mol. The summed E-state index contributed by atoms with van der Waals surface area (Å²) in [5.41, 5.74) is 5.00. The van der Waals surface area contributed by atoms with E-state index in [9.17, 15) is 20.1 Å². The van der Waals surface area contributed by atoms with Crippen LogP contribution in [0.25, 0.3) is 0 Å². The average Bonchev–Trinajstić information content (AvgIpc) is 3.25. The zero-order chi connectivity index (χ0) is 28.5. The van der Waals surface area contributed by atoms with Gasteiger partial charge in [0.2, 0.25) is 0 Å². The fourth-order valence-electron chi connectivity index (χ4n) is 11.5. The minimum Gasteiger partial charge on any atom is -0.443 e. The first kappa shape index (κ1) is 29.9. The van der Waals surface area contributed by atoms with E-state index in [1.165, 1.54) is 32.1 Å². The van der Waals surface area contributed by atoms with E-state index in [2.05, 4.69) is 40.9 Å². The molecule has 0 saturated heterocycles. The molecule has 0 aliphatic heterocycles. The molecule has 38 heavy (non-hydrogen) atoms. The number of aliphatic hydroxyl groups is 3. The van der Waals surface area contributed by atoms with Gasteiger partial charge < -0.3 is 25.8 Å². The third-order valence-electron chi connectivity index (χ3n) is 13.2. The van der Waals surface area contributed by atoms with E-state index in [0.717, 1.165) is 25.7 Å². The molecule has 5 aliphatic carbocycles. The Balaban J connectivity index is 0.00000164. The SMILES string of the molecule is C=C.C[C@@H]1C23CC[C@H](O)C(C)(C)C2CC[C@H]2C4C[C@@H](O)[C@H](CCC[C@H](OC(N)=O)C(C)(C)O)[C@@]4(C)CC[C@]123. The molecule has 0 radical (unpaired) electrons. The molecular weight excluding hydrogens is 478 g/mol. The molecule has 3 unspecified atom stereocenters. The molecule has 0 heterocycles. The minimum absolute atomic E-state index is 0.0105. The lowest BCUT2D eigenvalue weighted by Gasteiger charge is -2.59. The molecule has 2 spiro atoms. The van der Waals surface area contributed by atoms with Crippen LogP contribution in [0.3, 0.4) is 0 Å². The standard InChI is InChI=1S/C30H51NO5.C2H4/c1-17-29-15-14-28(6)19(8-7-9-24(27(4,5)35)36-25(31)34)21(32)16-20(28)18(29)10-11-22-26(2,3)23(33)12-13-30(17,22)29;1-2/h17-24,32-33,35H,7-16H2,1-6H3,(H2,31,34);1-2H2/t17-,18-,19-,20?,21+,22?,23-,24-,28+,29-,30?;/m0./s1. The van der Waals surface area contributed by atoms with E-state index in [0.29, 0.717) is 40.9 Å². The highest BCUT2D eigenvalue weighted by Crippen LogP contribution is 2.89. The predicted molar refractivity (Wildman–Crippen MR) is 150 cm³/mol. The van der Waals surface area contributed by atoms with Crippen molar-refractivity contribution in [2.24, 2.45) is 57.0 Å². The van der Waals surface area contributed by atoms with Crippen LogP contribution in [0.5, 0.6) is 0 Å². The molecule has 11 atom stereocenters. The van der Waals surface area contributed by atoms with Crippen LogP contribution in [-0.2, 0) is 4.74 Å². The first-order valence-corrected chi connectivity index (χ1v) is 15.2. The second-order valence-electron chi connectivity index (χ2n) is 14.9. The van der Waals surface area contributed by atoms with Gasteiger partial charge in [0.1, 0.15) is 6.10 Å². The number of carbonyl (C=O) groups excluding carboxylic acids is 1. The fraction of sp³-hybridized carbons (Fsp3) is 0.906. The van der Waals surface area contributed by atoms with Gasteiger partial charge in [-0.2, -0.15) is 0 Å². The Morgan fingerprint density at radius 1 is 1.05 bits per heavy atom. The van der Waals surface area contributed by atoms with E-state index < -0.39 is 17.8 Å². The van der Waals surface area contributed by atoms with Crippen LogP contribution < -0.4 is 5.73 Å². The number of hydrogen-bond donors (Lipinski definition) is 4. The molecule has 6 nitrogen and oxygen atoms in total. The van der Waals surface area contributed by atoms with Crippen molar-refractivity contribution in [3.63, 3.8) is 0 Å². The van der Waals surface area contributed by atoms with Crippen LogP contribution in [0.1, 0.15) is 106 Å². The van der Waals surface area contributed by atoms with Crippen LogP contribution >= 0.6 is 0 Å². The molecular formula is C32H55NO5. The molecule has 5 N–H and O–H groups in total. The van der Waals surface area contributed by atoms with Gasteiger partial charge in [0.25, 0.3) is 0 Å². The second kappa shape index (κ2) is 9.76. The van der Waals surface area contributed by atoms with Crippen LogP contribution in [0.2, 0.25) is 0 Å². The van der Waals surface area contributed by atoms with Gasteiger partial charge in [0.05, 0.1) is 17.8 Å². The molecule has 1 amide bonds. The van der Waals surface area contributed by atoms with Crippen molar-refractivity contribution in [1.82, 2.24) is 0 Å². The first-order chi connectivity index (χ1) is 17.6. The number of ether oxygens (including phenoxy) is 1. The highest BCUT2D eigenvalue weighted by atomic mass is 16.6. The predicted octanol–water partition coefficient (Wildman–Crippen LogP) is 5.82. The van der Waals surface area contributed by atoms with Crippen molar-refractivity contribution in [2.45, 2.75) is 130 Å². The number of aliphatic hydroxyl groups excluding tert-OH is 2. The number of rotatable bonds is 6. The van der Waals surface area contributed by atoms with Gasteiger partial charge in [-0.15, -0.1) is 13.2 Å². The molecule has 0 bridgehead atoms. The lowest BCUT2D eigenvalue weighted by Crippen LogP contribution is -2.54. The van der Waals surface area contributed by atoms with Gasteiger partial charge >= 0.3 is 6.09 Å². The summed E-state index contributed by atoms with van der Waals surface area (Å²) >= 11 is 0. The number of fused-ring (bicyclic) bond motifs is 2. The molecule has 5 rings (SSSR count). The third-order valence-corrected chi connectivity index (χ3v) is 13.2.